The van der Waals surface area contributed by atoms with E-state index in [2.05, 4.69) is 6.07 Å². The predicted molar refractivity (Wildman–Crippen MR) is 96.6 cm³/mol. The fraction of sp³-hybridized carbons (Fsp3) is 0.600. The molecule has 0 spiro atoms. The molecule has 0 aliphatic carbocycles. The molecule has 1 aromatic carbocycles. The summed E-state index contributed by atoms with van der Waals surface area (Å²) in [5.74, 6) is 0.523. The Labute approximate surface area is 150 Å². The number of nitrogens with zero attached hydrogens (tertiary/aromatic N) is 1. The second-order valence-corrected chi connectivity index (χ2v) is 6.64. The molecule has 1 fully saturated rings. The highest BCUT2D eigenvalue weighted by molar-refractivity contribution is 5.82. The first-order valence-corrected chi connectivity index (χ1v) is 9.15. The molecule has 138 valence electrons. The van der Waals surface area contributed by atoms with Crippen LogP contribution in [0.2, 0.25) is 0 Å². The Balaban J connectivity index is 1.95. The molecule has 1 aromatic rings. The minimum Gasteiger partial charge on any atom is -0.480 e. The van der Waals surface area contributed by atoms with Crippen molar-refractivity contribution in [1.29, 1.82) is 0 Å². The summed E-state index contributed by atoms with van der Waals surface area (Å²) in [6.07, 6.45) is 1.44. The van der Waals surface area contributed by atoms with Gasteiger partial charge >= 0.3 is 5.97 Å². The molecular formula is C20H29NO4. The highest BCUT2D eigenvalue weighted by atomic mass is 16.5. The molecule has 1 heterocycles. The summed E-state index contributed by atoms with van der Waals surface area (Å²) >= 11 is 0. The summed E-state index contributed by atoms with van der Waals surface area (Å²) < 4.78 is 11.1. The first-order valence-electron chi connectivity index (χ1n) is 9.15. The normalized spacial score (nSPS) is 16.4. The number of benzene rings is 1. The van der Waals surface area contributed by atoms with Crippen molar-refractivity contribution in [2.24, 2.45) is 5.92 Å². The van der Waals surface area contributed by atoms with Crippen LogP contribution < -0.4 is 4.74 Å². The van der Waals surface area contributed by atoms with E-state index in [1.807, 2.05) is 44.7 Å². The Morgan fingerprint density at radius 3 is 2.44 bits per heavy atom. The molecule has 1 aliphatic rings. The summed E-state index contributed by atoms with van der Waals surface area (Å²) in [6, 6.07) is 5.97. The molecule has 1 aliphatic heterocycles. The molecule has 0 aromatic heterocycles. The Morgan fingerprint density at radius 2 is 1.88 bits per heavy atom. The maximum Gasteiger partial charge on any atom is 0.309 e. The van der Waals surface area contributed by atoms with Crippen LogP contribution in [0.5, 0.6) is 5.75 Å². The SMILES string of the molecule is CCOC(=O)C1CCN(C(=O)[C@H](CC)Oc2ccc(C)cc2C)CC1. The lowest BCUT2D eigenvalue weighted by molar-refractivity contribution is -0.152. The number of carbonyl (C=O) groups excluding carboxylic acids is 2. The average molecular weight is 347 g/mol. The van der Waals surface area contributed by atoms with Gasteiger partial charge in [0.15, 0.2) is 6.10 Å². The van der Waals surface area contributed by atoms with Gasteiger partial charge in [0.2, 0.25) is 0 Å². The third-order valence-corrected chi connectivity index (χ3v) is 4.67. The van der Waals surface area contributed by atoms with Crippen LogP contribution in [0.15, 0.2) is 18.2 Å². The summed E-state index contributed by atoms with van der Waals surface area (Å²) in [4.78, 5) is 26.4. The van der Waals surface area contributed by atoms with E-state index in [4.69, 9.17) is 9.47 Å². The number of aryl methyl sites for hydroxylation is 2. The van der Waals surface area contributed by atoms with Gasteiger partial charge in [-0.25, -0.2) is 0 Å². The molecule has 0 N–H and O–H groups in total. The maximum absolute atomic E-state index is 12.8. The van der Waals surface area contributed by atoms with Crippen molar-refractivity contribution in [2.45, 2.75) is 53.1 Å². The molecule has 25 heavy (non-hydrogen) atoms. The number of carbonyl (C=O) groups is 2. The zero-order chi connectivity index (χ0) is 18.4. The van der Waals surface area contributed by atoms with E-state index in [0.29, 0.717) is 39.0 Å². The number of ether oxygens (including phenoxy) is 2. The second-order valence-electron chi connectivity index (χ2n) is 6.64. The molecule has 0 saturated carbocycles. The predicted octanol–water partition coefficient (Wildman–Crippen LogP) is 3.26. The summed E-state index contributed by atoms with van der Waals surface area (Å²) in [7, 11) is 0. The van der Waals surface area contributed by atoms with Gasteiger partial charge < -0.3 is 14.4 Å². The van der Waals surface area contributed by atoms with Gasteiger partial charge in [-0.3, -0.25) is 9.59 Å². The molecule has 5 nitrogen and oxygen atoms in total. The number of esters is 1. The van der Waals surface area contributed by atoms with E-state index in [0.717, 1.165) is 11.3 Å². The minimum absolute atomic E-state index is 0.00443. The van der Waals surface area contributed by atoms with Gasteiger partial charge in [0.05, 0.1) is 12.5 Å². The molecule has 1 saturated heterocycles. The monoisotopic (exact) mass is 347 g/mol. The molecule has 1 amide bonds. The van der Waals surface area contributed by atoms with Crippen molar-refractivity contribution in [3.05, 3.63) is 29.3 Å². The zero-order valence-corrected chi connectivity index (χ0v) is 15.7. The number of amides is 1. The molecule has 1 atom stereocenters. The fourth-order valence-electron chi connectivity index (χ4n) is 3.19. The van der Waals surface area contributed by atoms with Crippen molar-refractivity contribution in [2.75, 3.05) is 19.7 Å². The lowest BCUT2D eigenvalue weighted by atomic mass is 9.96. The van der Waals surface area contributed by atoms with Crippen LogP contribution in [0.1, 0.15) is 44.2 Å². The highest BCUT2D eigenvalue weighted by Gasteiger charge is 2.31. The highest BCUT2D eigenvalue weighted by Crippen LogP contribution is 2.24. The van der Waals surface area contributed by atoms with E-state index >= 15 is 0 Å². The lowest BCUT2D eigenvalue weighted by Crippen LogP contribution is -2.46. The van der Waals surface area contributed by atoms with Gasteiger partial charge in [0.1, 0.15) is 5.75 Å². The maximum atomic E-state index is 12.8. The first kappa shape index (κ1) is 19.3. The molecule has 0 unspecified atom stereocenters. The van der Waals surface area contributed by atoms with Gasteiger partial charge in [0, 0.05) is 13.1 Å². The van der Waals surface area contributed by atoms with Gasteiger partial charge in [-0.1, -0.05) is 24.6 Å². The fourth-order valence-corrected chi connectivity index (χ4v) is 3.19. The third-order valence-electron chi connectivity index (χ3n) is 4.67. The van der Waals surface area contributed by atoms with Gasteiger partial charge in [-0.05, 0) is 51.7 Å². The van der Waals surface area contributed by atoms with Crippen LogP contribution >= 0.6 is 0 Å². The summed E-state index contributed by atoms with van der Waals surface area (Å²) in [5, 5.41) is 0. The van der Waals surface area contributed by atoms with Gasteiger partial charge in [-0.2, -0.15) is 0 Å². The number of hydrogen-bond donors (Lipinski definition) is 0. The van der Waals surface area contributed by atoms with Crippen molar-refractivity contribution >= 4 is 11.9 Å². The smallest absolute Gasteiger partial charge is 0.309 e. The van der Waals surface area contributed by atoms with Crippen molar-refractivity contribution in [3.8, 4) is 5.75 Å². The number of piperidine rings is 1. The number of rotatable bonds is 6. The number of hydrogen-bond acceptors (Lipinski definition) is 4. The molecule has 5 heteroatoms. The van der Waals surface area contributed by atoms with E-state index < -0.39 is 6.10 Å². The van der Waals surface area contributed by atoms with Crippen LogP contribution in [0.25, 0.3) is 0 Å². The quantitative estimate of drug-likeness (QED) is 0.741. The summed E-state index contributed by atoms with van der Waals surface area (Å²) in [6.45, 7) is 9.35. The van der Waals surface area contributed by atoms with E-state index in [-0.39, 0.29) is 17.8 Å². The minimum atomic E-state index is -0.486. The molecule has 2 rings (SSSR count). The number of likely N-dealkylation sites (tertiary alicyclic amines) is 1. The van der Waals surface area contributed by atoms with Crippen LogP contribution in [0.3, 0.4) is 0 Å². The average Bonchev–Trinajstić information content (AvgIpc) is 2.61. The topological polar surface area (TPSA) is 55.8 Å². The standard InChI is InChI=1S/C20H29NO4/c1-5-17(25-18-8-7-14(3)13-15(18)4)19(22)21-11-9-16(10-12-21)20(23)24-6-2/h7-8,13,16-17H,5-6,9-12H2,1-4H3/t17-/m0/s1. The van der Waals surface area contributed by atoms with E-state index in [1.165, 1.54) is 5.56 Å². The molecular weight excluding hydrogens is 318 g/mol. The van der Waals surface area contributed by atoms with Crippen LogP contribution in [0, 0.1) is 19.8 Å². The largest absolute Gasteiger partial charge is 0.480 e. The van der Waals surface area contributed by atoms with E-state index in [9.17, 15) is 9.59 Å². The van der Waals surface area contributed by atoms with Crippen molar-refractivity contribution < 1.29 is 19.1 Å². The Kier molecular flexibility index (Phi) is 6.85. The Hall–Kier alpha value is -2.04. The summed E-state index contributed by atoms with van der Waals surface area (Å²) in [5.41, 5.74) is 2.21. The first-order chi connectivity index (χ1) is 12.0. The van der Waals surface area contributed by atoms with Crippen LogP contribution in [-0.4, -0.2) is 42.6 Å². The third kappa shape index (κ3) is 4.97. The van der Waals surface area contributed by atoms with Gasteiger partial charge in [-0.15, -0.1) is 0 Å². The van der Waals surface area contributed by atoms with E-state index in [1.54, 1.807) is 0 Å². The van der Waals surface area contributed by atoms with Crippen molar-refractivity contribution in [1.82, 2.24) is 4.90 Å². The van der Waals surface area contributed by atoms with Crippen LogP contribution in [0.4, 0.5) is 0 Å². The second kappa shape index (κ2) is 8.88. The van der Waals surface area contributed by atoms with Gasteiger partial charge in [0.25, 0.3) is 5.91 Å². The Morgan fingerprint density at radius 1 is 1.20 bits per heavy atom. The molecule has 0 bridgehead atoms. The van der Waals surface area contributed by atoms with Crippen LogP contribution in [-0.2, 0) is 14.3 Å². The Bertz CT molecular complexity index is 606. The lowest BCUT2D eigenvalue weighted by Gasteiger charge is -2.33. The molecule has 0 radical (unpaired) electrons. The van der Waals surface area contributed by atoms with Crippen molar-refractivity contribution in [3.63, 3.8) is 0 Å². The zero-order valence-electron chi connectivity index (χ0n) is 15.7.